The second-order valence-electron chi connectivity index (χ2n) is 2.79. The number of carboxylic acids is 1. The van der Waals surface area contributed by atoms with E-state index in [-0.39, 0.29) is 15.6 Å². The molecule has 0 saturated heterocycles. The molecule has 1 aromatic rings. The Morgan fingerprint density at radius 1 is 1.38 bits per heavy atom. The van der Waals surface area contributed by atoms with Gasteiger partial charge in [0.15, 0.2) is 0 Å². The van der Waals surface area contributed by atoms with Gasteiger partial charge in [0, 0.05) is 10.6 Å². The first-order valence-corrected chi connectivity index (χ1v) is 4.81. The SMILES string of the molecule is O=C(O)Cc1c(Cl)ccc(Cl)c1OC(F)F. The number of aliphatic carboxylic acids is 1. The normalized spacial score (nSPS) is 10.6. The quantitative estimate of drug-likeness (QED) is 0.914. The number of alkyl halides is 2. The largest absolute Gasteiger partial charge is 0.481 e. The fourth-order valence-electron chi connectivity index (χ4n) is 1.11. The summed E-state index contributed by atoms with van der Waals surface area (Å²) in [5, 5.41) is 8.50. The second-order valence-corrected chi connectivity index (χ2v) is 3.60. The van der Waals surface area contributed by atoms with E-state index in [0.717, 1.165) is 0 Å². The zero-order chi connectivity index (χ0) is 12.3. The highest BCUT2D eigenvalue weighted by atomic mass is 35.5. The molecule has 0 aromatic heterocycles. The first kappa shape index (κ1) is 13.0. The second kappa shape index (κ2) is 5.32. The highest BCUT2D eigenvalue weighted by Crippen LogP contribution is 2.35. The van der Waals surface area contributed by atoms with E-state index in [1.54, 1.807) is 0 Å². The zero-order valence-electron chi connectivity index (χ0n) is 7.71. The summed E-state index contributed by atoms with van der Waals surface area (Å²) in [6.45, 7) is -3.09. The topological polar surface area (TPSA) is 46.5 Å². The van der Waals surface area contributed by atoms with E-state index in [0.29, 0.717) is 0 Å². The average molecular weight is 271 g/mol. The lowest BCUT2D eigenvalue weighted by molar-refractivity contribution is -0.136. The van der Waals surface area contributed by atoms with Gasteiger partial charge < -0.3 is 9.84 Å². The van der Waals surface area contributed by atoms with E-state index in [1.807, 2.05) is 0 Å². The summed E-state index contributed by atoms with van der Waals surface area (Å²) in [6.07, 6.45) is -0.540. The third kappa shape index (κ3) is 3.21. The van der Waals surface area contributed by atoms with Gasteiger partial charge in [0.1, 0.15) is 5.75 Å². The number of carboxylic acid groups (broad SMARTS) is 1. The maximum absolute atomic E-state index is 12.1. The Hall–Kier alpha value is -1.07. The number of benzene rings is 1. The fourth-order valence-corrected chi connectivity index (χ4v) is 1.54. The van der Waals surface area contributed by atoms with Crippen LogP contribution in [0, 0.1) is 0 Å². The molecule has 0 fully saturated rings. The molecule has 0 aliphatic heterocycles. The van der Waals surface area contributed by atoms with Crippen LogP contribution in [-0.2, 0) is 11.2 Å². The van der Waals surface area contributed by atoms with Crippen molar-refractivity contribution in [3.63, 3.8) is 0 Å². The van der Waals surface area contributed by atoms with Gasteiger partial charge in [0.2, 0.25) is 0 Å². The molecule has 1 aromatic carbocycles. The summed E-state index contributed by atoms with van der Waals surface area (Å²) in [5.41, 5.74) is -0.0676. The number of ether oxygens (including phenoxy) is 1. The molecule has 1 N–H and O–H groups in total. The molecule has 0 heterocycles. The van der Waals surface area contributed by atoms with Crippen molar-refractivity contribution in [2.24, 2.45) is 0 Å². The number of hydrogen-bond acceptors (Lipinski definition) is 2. The molecule has 16 heavy (non-hydrogen) atoms. The van der Waals surface area contributed by atoms with Crippen LogP contribution in [0.5, 0.6) is 5.75 Å². The molecule has 1 rings (SSSR count). The van der Waals surface area contributed by atoms with Gasteiger partial charge in [-0.2, -0.15) is 8.78 Å². The van der Waals surface area contributed by atoms with Crippen LogP contribution in [0.4, 0.5) is 8.78 Å². The lowest BCUT2D eigenvalue weighted by Crippen LogP contribution is -2.08. The minimum Gasteiger partial charge on any atom is -0.481 e. The van der Waals surface area contributed by atoms with Gasteiger partial charge in [-0.15, -0.1) is 0 Å². The van der Waals surface area contributed by atoms with Crippen LogP contribution in [0.15, 0.2) is 12.1 Å². The monoisotopic (exact) mass is 270 g/mol. The van der Waals surface area contributed by atoms with Crippen molar-refractivity contribution in [1.82, 2.24) is 0 Å². The van der Waals surface area contributed by atoms with Crippen molar-refractivity contribution < 1.29 is 23.4 Å². The molecular weight excluding hydrogens is 265 g/mol. The highest BCUT2D eigenvalue weighted by Gasteiger charge is 2.18. The summed E-state index contributed by atoms with van der Waals surface area (Å²) in [5.74, 6) is -1.62. The van der Waals surface area contributed by atoms with E-state index in [4.69, 9.17) is 28.3 Å². The van der Waals surface area contributed by atoms with E-state index in [9.17, 15) is 13.6 Å². The molecule has 0 aliphatic rings. The smallest absolute Gasteiger partial charge is 0.387 e. The standard InChI is InChI=1S/C9H6Cl2F2O3/c10-5-1-2-6(11)8(16-9(12)13)4(5)3-7(14)15/h1-2,9H,3H2,(H,14,15). The Morgan fingerprint density at radius 3 is 2.44 bits per heavy atom. The number of halogens is 4. The van der Waals surface area contributed by atoms with Crippen molar-refractivity contribution in [1.29, 1.82) is 0 Å². The van der Waals surface area contributed by atoms with Crippen LogP contribution in [0.1, 0.15) is 5.56 Å². The molecule has 0 unspecified atom stereocenters. The van der Waals surface area contributed by atoms with Crippen molar-refractivity contribution >= 4 is 29.2 Å². The molecule has 0 atom stereocenters. The van der Waals surface area contributed by atoms with Crippen LogP contribution >= 0.6 is 23.2 Å². The summed E-state index contributed by atoms with van der Waals surface area (Å²) in [6, 6.07) is 2.58. The molecule has 88 valence electrons. The van der Waals surface area contributed by atoms with Gasteiger partial charge in [0.25, 0.3) is 0 Å². The zero-order valence-corrected chi connectivity index (χ0v) is 9.23. The van der Waals surface area contributed by atoms with Gasteiger partial charge in [-0.25, -0.2) is 0 Å². The van der Waals surface area contributed by atoms with Gasteiger partial charge in [-0.3, -0.25) is 4.79 Å². The fraction of sp³-hybridized carbons (Fsp3) is 0.222. The van der Waals surface area contributed by atoms with E-state index in [1.165, 1.54) is 12.1 Å². The van der Waals surface area contributed by atoms with Crippen LogP contribution in [0.25, 0.3) is 0 Å². The van der Waals surface area contributed by atoms with E-state index in [2.05, 4.69) is 4.74 Å². The Labute approximate surface area is 99.5 Å². The Balaban J connectivity index is 3.19. The molecule has 0 saturated carbocycles. The lowest BCUT2D eigenvalue weighted by Gasteiger charge is -2.12. The molecule has 0 bridgehead atoms. The predicted octanol–water partition coefficient (Wildman–Crippen LogP) is 3.22. The average Bonchev–Trinajstić information content (AvgIpc) is 2.16. The Kier molecular flexibility index (Phi) is 4.32. The molecule has 3 nitrogen and oxygen atoms in total. The van der Waals surface area contributed by atoms with Crippen molar-refractivity contribution in [3.05, 3.63) is 27.7 Å². The molecular formula is C9H6Cl2F2O3. The maximum Gasteiger partial charge on any atom is 0.387 e. The third-order valence-electron chi connectivity index (χ3n) is 1.69. The molecule has 7 heteroatoms. The number of hydrogen-bond donors (Lipinski definition) is 1. The lowest BCUT2D eigenvalue weighted by atomic mass is 10.1. The summed E-state index contributed by atoms with van der Waals surface area (Å²) >= 11 is 11.3. The van der Waals surface area contributed by atoms with Crippen molar-refractivity contribution in [2.75, 3.05) is 0 Å². The molecule has 0 radical (unpaired) electrons. The molecule has 0 spiro atoms. The Bertz CT molecular complexity index is 410. The summed E-state index contributed by atoms with van der Waals surface area (Å²) in [7, 11) is 0. The van der Waals surface area contributed by atoms with Crippen molar-refractivity contribution in [2.45, 2.75) is 13.0 Å². The van der Waals surface area contributed by atoms with E-state index >= 15 is 0 Å². The maximum atomic E-state index is 12.1. The van der Waals surface area contributed by atoms with Crippen LogP contribution < -0.4 is 4.74 Å². The molecule has 0 aliphatic carbocycles. The van der Waals surface area contributed by atoms with Gasteiger partial charge in [0.05, 0.1) is 11.4 Å². The Morgan fingerprint density at radius 2 is 1.94 bits per heavy atom. The van der Waals surface area contributed by atoms with Crippen LogP contribution in [0.3, 0.4) is 0 Å². The first-order chi connectivity index (χ1) is 7.41. The third-order valence-corrected chi connectivity index (χ3v) is 2.34. The van der Waals surface area contributed by atoms with Gasteiger partial charge in [-0.05, 0) is 12.1 Å². The van der Waals surface area contributed by atoms with Gasteiger partial charge in [-0.1, -0.05) is 23.2 Å². The first-order valence-electron chi connectivity index (χ1n) is 4.05. The molecule has 0 amide bonds. The highest BCUT2D eigenvalue weighted by molar-refractivity contribution is 6.35. The van der Waals surface area contributed by atoms with Crippen LogP contribution in [0.2, 0.25) is 10.0 Å². The summed E-state index contributed by atoms with van der Waals surface area (Å²) in [4.78, 5) is 10.5. The van der Waals surface area contributed by atoms with Crippen LogP contribution in [-0.4, -0.2) is 17.7 Å². The van der Waals surface area contributed by atoms with Crippen molar-refractivity contribution in [3.8, 4) is 5.75 Å². The summed E-state index contributed by atoms with van der Waals surface area (Å²) < 4.78 is 28.3. The number of carbonyl (C=O) groups is 1. The van der Waals surface area contributed by atoms with Gasteiger partial charge >= 0.3 is 12.6 Å². The minimum atomic E-state index is -3.09. The van der Waals surface area contributed by atoms with E-state index < -0.39 is 24.8 Å². The minimum absolute atomic E-state index is 0.0162. The number of rotatable bonds is 4. The predicted molar refractivity (Wildman–Crippen MR) is 54.4 cm³/mol.